The van der Waals surface area contributed by atoms with Gasteiger partial charge in [-0.3, -0.25) is 4.99 Å². The average molecular weight is 383 g/mol. The standard InChI is InChI=1S/C16H12F2N2S.BrH/c1-9-15(20-6-5-19-16(20)21-9)11-4-2-3-10-7-13(17)14(18)8-12(10)11;/h2-4,7-8H,5-6H2,1H3;1H. The van der Waals surface area contributed by atoms with Crippen LogP contribution in [0.15, 0.2) is 40.2 Å². The molecule has 0 unspecified atom stereocenters. The van der Waals surface area contributed by atoms with Crippen LogP contribution in [0.25, 0.3) is 16.5 Å². The summed E-state index contributed by atoms with van der Waals surface area (Å²) < 4.78 is 27.1. The van der Waals surface area contributed by atoms with Crippen LogP contribution in [0.2, 0.25) is 0 Å². The van der Waals surface area contributed by atoms with Gasteiger partial charge in [-0.05, 0) is 29.8 Å². The molecular formula is C16H13BrF2N2S. The van der Waals surface area contributed by atoms with E-state index in [1.807, 2.05) is 19.1 Å². The molecule has 4 rings (SSSR count). The first kappa shape index (κ1) is 15.5. The first-order valence-corrected chi connectivity index (χ1v) is 7.55. The SMILES string of the molecule is Br.CC1=C(c2cccc3cc(F)c(F)cc23)N2CCN=C2S1. The molecule has 114 valence electrons. The van der Waals surface area contributed by atoms with Gasteiger partial charge < -0.3 is 4.90 Å². The van der Waals surface area contributed by atoms with Gasteiger partial charge in [0.2, 0.25) is 0 Å². The number of nitrogens with zero attached hydrogens (tertiary/aromatic N) is 2. The minimum atomic E-state index is -0.811. The maximum atomic E-state index is 13.6. The Morgan fingerprint density at radius 1 is 1.18 bits per heavy atom. The minimum absolute atomic E-state index is 0. The van der Waals surface area contributed by atoms with Crippen molar-refractivity contribution in [2.75, 3.05) is 13.1 Å². The number of allylic oxidation sites excluding steroid dienone is 1. The molecule has 0 radical (unpaired) electrons. The minimum Gasteiger partial charge on any atom is -0.318 e. The first-order valence-electron chi connectivity index (χ1n) is 6.74. The maximum Gasteiger partial charge on any atom is 0.168 e. The third-order valence-electron chi connectivity index (χ3n) is 3.83. The number of halogens is 3. The topological polar surface area (TPSA) is 15.6 Å². The number of hydrogen-bond acceptors (Lipinski definition) is 3. The van der Waals surface area contributed by atoms with E-state index in [0.29, 0.717) is 5.39 Å². The van der Waals surface area contributed by atoms with Crippen molar-refractivity contribution in [3.8, 4) is 0 Å². The van der Waals surface area contributed by atoms with Crippen LogP contribution < -0.4 is 0 Å². The normalized spacial score (nSPS) is 16.9. The highest BCUT2D eigenvalue weighted by Gasteiger charge is 2.31. The Morgan fingerprint density at radius 2 is 1.95 bits per heavy atom. The van der Waals surface area contributed by atoms with E-state index in [2.05, 4.69) is 9.89 Å². The van der Waals surface area contributed by atoms with Gasteiger partial charge in [0, 0.05) is 17.0 Å². The Hall–Kier alpha value is -1.40. The lowest BCUT2D eigenvalue weighted by Gasteiger charge is -2.18. The van der Waals surface area contributed by atoms with Crippen molar-refractivity contribution in [2.24, 2.45) is 4.99 Å². The van der Waals surface area contributed by atoms with E-state index in [0.717, 1.165) is 39.8 Å². The van der Waals surface area contributed by atoms with Gasteiger partial charge in [0.1, 0.15) is 0 Å². The zero-order valence-corrected chi connectivity index (χ0v) is 14.3. The van der Waals surface area contributed by atoms with Crippen molar-refractivity contribution >= 4 is 50.4 Å². The molecule has 0 saturated carbocycles. The summed E-state index contributed by atoms with van der Waals surface area (Å²) in [6, 6.07) is 8.19. The zero-order valence-electron chi connectivity index (χ0n) is 11.8. The largest absolute Gasteiger partial charge is 0.318 e. The van der Waals surface area contributed by atoms with Crippen LogP contribution in [0.1, 0.15) is 12.5 Å². The summed E-state index contributed by atoms with van der Waals surface area (Å²) in [6.07, 6.45) is 0. The molecule has 0 atom stereocenters. The van der Waals surface area contributed by atoms with Crippen LogP contribution >= 0.6 is 28.7 Å². The van der Waals surface area contributed by atoms with Crippen molar-refractivity contribution in [1.29, 1.82) is 0 Å². The second-order valence-corrected chi connectivity index (χ2v) is 6.30. The molecule has 0 N–H and O–H groups in total. The quantitative estimate of drug-likeness (QED) is 0.703. The van der Waals surface area contributed by atoms with Crippen molar-refractivity contribution in [3.63, 3.8) is 0 Å². The zero-order chi connectivity index (χ0) is 14.6. The van der Waals surface area contributed by atoms with E-state index in [1.165, 1.54) is 12.1 Å². The highest BCUT2D eigenvalue weighted by atomic mass is 79.9. The summed E-state index contributed by atoms with van der Waals surface area (Å²) in [5.74, 6) is -1.62. The van der Waals surface area contributed by atoms with E-state index in [4.69, 9.17) is 0 Å². The highest BCUT2D eigenvalue weighted by molar-refractivity contribution is 8.93. The average Bonchev–Trinajstić information content (AvgIpc) is 3.00. The number of rotatable bonds is 1. The highest BCUT2D eigenvalue weighted by Crippen LogP contribution is 2.43. The van der Waals surface area contributed by atoms with Gasteiger partial charge >= 0.3 is 0 Å². The number of benzene rings is 2. The summed E-state index contributed by atoms with van der Waals surface area (Å²) in [5, 5.41) is 2.45. The fraction of sp³-hybridized carbons (Fsp3) is 0.188. The molecule has 0 spiro atoms. The van der Waals surface area contributed by atoms with Crippen molar-refractivity contribution < 1.29 is 8.78 Å². The summed E-state index contributed by atoms with van der Waals surface area (Å²) in [7, 11) is 0. The van der Waals surface area contributed by atoms with Crippen LogP contribution in [-0.4, -0.2) is 23.2 Å². The third-order valence-corrected chi connectivity index (χ3v) is 4.86. The lowest BCUT2D eigenvalue weighted by Crippen LogP contribution is -2.20. The Morgan fingerprint density at radius 3 is 2.77 bits per heavy atom. The van der Waals surface area contributed by atoms with E-state index >= 15 is 0 Å². The Bertz CT molecular complexity index is 832. The fourth-order valence-electron chi connectivity index (χ4n) is 2.91. The molecule has 2 aliphatic rings. The van der Waals surface area contributed by atoms with Gasteiger partial charge in [-0.1, -0.05) is 30.0 Å². The summed E-state index contributed by atoms with van der Waals surface area (Å²) in [5.41, 5.74) is 2.00. The predicted molar refractivity (Wildman–Crippen MR) is 93.4 cm³/mol. The van der Waals surface area contributed by atoms with Gasteiger partial charge in [0.15, 0.2) is 16.8 Å². The molecule has 2 aliphatic heterocycles. The Kier molecular flexibility index (Phi) is 3.99. The molecule has 0 aliphatic carbocycles. The monoisotopic (exact) mass is 382 g/mol. The van der Waals surface area contributed by atoms with E-state index in [1.54, 1.807) is 17.8 Å². The van der Waals surface area contributed by atoms with Gasteiger partial charge in [0.25, 0.3) is 0 Å². The maximum absolute atomic E-state index is 13.6. The number of thioether (sulfide) groups is 1. The van der Waals surface area contributed by atoms with E-state index < -0.39 is 11.6 Å². The molecule has 22 heavy (non-hydrogen) atoms. The summed E-state index contributed by atoms with van der Waals surface area (Å²) >= 11 is 1.64. The van der Waals surface area contributed by atoms with Crippen LogP contribution in [-0.2, 0) is 0 Å². The van der Waals surface area contributed by atoms with Crippen LogP contribution in [0, 0.1) is 11.6 Å². The molecule has 0 aromatic heterocycles. The number of amidine groups is 1. The Labute approximate surface area is 141 Å². The smallest absolute Gasteiger partial charge is 0.168 e. The van der Waals surface area contributed by atoms with Crippen molar-refractivity contribution in [1.82, 2.24) is 4.90 Å². The molecule has 2 aromatic carbocycles. The van der Waals surface area contributed by atoms with Crippen LogP contribution in [0.3, 0.4) is 0 Å². The number of aliphatic imine (C=N–C) groups is 1. The number of hydrogen-bond donors (Lipinski definition) is 0. The summed E-state index contributed by atoms with van der Waals surface area (Å²) in [4.78, 5) is 7.77. The molecule has 6 heteroatoms. The molecule has 0 fully saturated rings. The second-order valence-electron chi connectivity index (χ2n) is 5.12. The molecule has 2 aromatic rings. The molecule has 0 bridgehead atoms. The van der Waals surface area contributed by atoms with E-state index in [9.17, 15) is 8.78 Å². The molecule has 2 nitrogen and oxygen atoms in total. The van der Waals surface area contributed by atoms with Crippen molar-refractivity contribution in [3.05, 3.63) is 52.4 Å². The second kappa shape index (κ2) is 5.66. The van der Waals surface area contributed by atoms with Gasteiger partial charge in [0.05, 0.1) is 12.2 Å². The first-order chi connectivity index (χ1) is 10.1. The summed E-state index contributed by atoms with van der Waals surface area (Å²) in [6.45, 7) is 3.67. The van der Waals surface area contributed by atoms with Gasteiger partial charge in [-0.15, -0.1) is 17.0 Å². The van der Waals surface area contributed by atoms with E-state index in [-0.39, 0.29) is 17.0 Å². The van der Waals surface area contributed by atoms with Crippen LogP contribution in [0.4, 0.5) is 8.78 Å². The molecule has 0 saturated heterocycles. The lowest BCUT2D eigenvalue weighted by molar-refractivity contribution is 0.511. The third kappa shape index (κ3) is 2.25. The predicted octanol–water partition coefficient (Wildman–Crippen LogP) is 4.80. The molecule has 2 heterocycles. The Balaban J connectivity index is 0.00000144. The van der Waals surface area contributed by atoms with Crippen LogP contribution in [0.5, 0.6) is 0 Å². The molecule has 0 amide bonds. The number of fused-ring (bicyclic) bond motifs is 2. The molecular weight excluding hydrogens is 370 g/mol. The lowest BCUT2D eigenvalue weighted by atomic mass is 10.0. The van der Waals surface area contributed by atoms with Gasteiger partial charge in [-0.25, -0.2) is 8.78 Å². The van der Waals surface area contributed by atoms with Gasteiger partial charge in [-0.2, -0.15) is 0 Å². The van der Waals surface area contributed by atoms with Crippen molar-refractivity contribution in [2.45, 2.75) is 6.92 Å². The fourth-order valence-corrected chi connectivity index (χ4v) is 3.95.